The van der Waals surface area contributed by atoms with Gasteiger partial charge in [0, 0.05) is 88.3 Å². The number of likely N-dealkylation sites (N-methyl/N-ethyl adjacent to an activating group) is 1. The Bertz CT molecular complexity index is 1450. The van der Waals surface area contributed by atoms with Gasteiger partial charge in [0.1, 0.15) is 0 Å². The van der Waals surface area contributed by atoms with Crippen molar-refractivity contribution in [1.29, 1.82) is 0 Å². The fourth-order valence-electron chi connectivity index (χ4n) is 5.44. The molecule has 2 aliphatic heterocycles. The van der Waals surface area contributed by atoms with Crippen LogP contribution in [0.1, 0.15) is 27.2 Å². The first kappa shape index (κ1) is 29.5. The molecule has 2 amide bonds. The van der Waals surface area contributed by atoms with Gasteiger partial charge >= 0.3 is 0 Å². The minimum absolute atomic E-state index is 0.00241. The van der Waals surface area contributed by atoms with Gasteiger partial charge in [0.15, 0.2) is 0 Å². The second-order valence-electron chi connectivity index (χ2n) is 10.7. The van der Waals surface area contributed by atoms with Gasteiger partial charge in [0.05, 0.1) is 21.5 Å². The second-order valence-corrected chi connectivity index (χ2v) is 12.5. The third kappa shape index (κ3) is 7.07. The maximum atomic E-state index is 13.5. The molecule has 0 radical (unpaired) electrons. The molecule has 2 aromatic heterocycles. The molecule has 5 rings (SSSR count). The minimum Gasteiger partial charge on any atom is -0.380 e. The summed E-state index contributed by atoms with van der Waals surface area (Å²) in [5.74, 6) is -0.189. The number of nitrogens with zero attached hydrogens (tertiary/aromatic N) is 4. The summed E-state index contributed by atoms with van der Waals surface area (Å²) in [5, 5.41) is 2.92. The van der Waals surface area contributed by atoms with Crippen molar-refractivity contribution in [2.45, 2.75) is 19.4 Å². The number of piperazine rings is 1. The van der Waals surface area contributed by atoms with Gasteiger partial charge in [0.2, 0.25) is 5.91 Å². The number of amides is 2. The number of pyridine rings is 1. The number of methoxy groups -OCH3 is 1. The number of rotatable bonds is 10. The Kier molecular flexibility index (Phi) is 9.57. The number of hydrogen-bond donors (Lipinski definition) is 1. The molecular formula is C30H36ClN5O4S. The molecule has 218 valence electrons. The quantitative estimate of drug-likeness (QED) is 0.386. The predicted molar refractivity (Wildman–Crippen MR) is 163 cm³/mol. The van der Waals surface area contributed by atoms with Crippen LogP contribution in [0.5, 0.6) is 0 Å². The molecule has 0 bridgehead atoms. The van der Waals surface area contributed by atoms with E-state index in [2.05, 4.69) is 22.2 Å². The third-order valence-corrected chi connectivity index (χ3v) is 9.04. The van der Waals surface area contributed by atoms with Gasteiger partial charge in [-0.15, -0.1) is 11.3 Å². The topological polar surface area (TPSA) is 87.1 Å². The maximum Gasteiger partial charge on any atom is 0.261 e. The number of aromatic nitrogens is 1. The molecule has 1 aromatic carbocycles. The molecule has 2 fully saturated rings. The monoisotopic (exact) mass is 597 g/mol. The number of ether oxygens (including phenoxy) is 1. The van der Waals surface area contributed by atoms with Gasteiger partial charge in [-0.3, -0.25) is 19.0 Å². The smallest absolute Gasteiger partial charge is 0.261 e. The summed E-state index contributed by atoms with van der Waals surface area (Å²) in [4.78, 5) is 45.9. The molecule has 2 saturated heterocycles. The van der Waals surface area contributed by atoms with Crippen LogP contribution in [0.2, 0.25) is 4.34 Å². The Labute approximate surface area is 249 Å². The summed E-state index contributed by atoms with van der Waals surface area (Å²) >= 11 is 7.17. The third-order valence-electron chi connectivity index (χ3n) is 7.81. The number of carbonyl (C=O) groups is 2. The lowest BCUT2D eigenvalue weighted by molar-refractivity contribution is -0.117. The lowest BCUT2D eigenvalue weighted by Crippen LogP contribution is -2.45. The molecule has 2 aliphatic rings. The molecule has 0 saturated carbocycles. The highest BCUT2D eigenvalue weighted by molar-refractivity contribution is 7.18. The Hall–Kier alpha value is -3.02. The van der Waals surface area contributed by atoms with E-state index in [-0.39, 0.29) is 23.3 Å². The number of halogens is 1. The molecule has 1 N–H and O–H groups in total. The lowest BCUT2D eigenvalue weighted by Gasteiger charge is -2.32. The first-order chi connectivity index (χ1) is 19.8. The molecule has 1 atom stereocenters. The fraction of sp³-hybridized carbons (Fsp3) is 0.433. The van der Waals surface area contributed by atoms with Crippen LogP contribution in [0.4, 0.5) is 5.69 Å². The van der Waals surface area contributed by atoms with Crippen LogP contribution in [0, 0.1) is 5.92 Å². The molecule has 9 nitrogen and oxygen atoms in total. The van der Waals surface area contributed by atoms with E-state index < -0.39 is 0 Å². The van der Waals surface area contributed by atoms with Crippen molar-refractivity contribution < 1.29 is 14.3 Å². The van der Waals surface area contributed by atoms with Crippen LogP contribution in [0.3, 0.4) is 0 Å². The molecule has 0 aliphatic carbocycles. The molecule has 11 heteroatoms. The molecule has 4 heterocycles. The first-order valence-electron chi connectivity index (χ1n) is 13.9. The first-order valence-corrected chi connectivity index (χ1v) is 15.1. The molecular weight excluding hydrogens is 562 g/mol. The zero-order valence-corrected chi connectivity index (χ0v) is 25.0. The van der Waals surface area contributed by atoms with Crippen LogP contribution in [0.15, 0.2) is 53.5 Å². The Morgan fingerprint density at radius 2 is 1.90 bits per heavy atom. The van der Waals surface area contributed by atoms with Gasteiger partial charge in [-0.05, 0) is 49.9 Å². The second kappa shape index (κ2) is 13.3. The van der Waals surface area contributed by atoms with E-state index in [4.69, 9.17) is 16.3 Å². The molecule has 3 aromatic rings. The van der Waals surface area contributed by atoms with E-state index in [9.17, 15) is 14.4 Å². The number of benzene rings is 1. The van der Waals surface area contributed by atoms with Crippen molar-refractivity contribution in [2.24, 2.45) is 5.92 Å². The van der Waals surface area contributed by atoms with Gasteiger partial charge in [-0.2, -0.15) is 0 Å². The molecule has 0 spiro atoms. The lowest BCUT2D eigenvalue weighted by atomic mass is 10.1. The van der Waals surface area contributed by atoms with E-state index in [1.54, 1.807) is 34.9 Å². The maximum absolute atomic E-state index is 13.5. The SMILES string of the molecule is COCc1cc(N2C[C@H](CNC(=O)c3ccc(Cl)s3)CC2=O)ccc1-n1cccc(CCN2CCN(C)CC2)c1=O. The normalized spacial score (nSPS) is 18.3. The van der Waals surface area contributed by atoms with Crippen LogP contribution in [0.25, 0.3) is 5.69 Å². The molecule has 41 heavy (non-hydrogen) atoms. The van der Waals surface area contributed by atoms with Gasteiger partial charge in [-0.25, -0.2) is 0 Å². The van der Waals surface area contributed by atoms with Crippen LogP contribution < -0.4 is 15.8 Å². The van der Waals surface area contributed by atoms with Crippen molar-refractivity contribution in [3.63, 3.8) is 0 Å². The number of thiophene rings is 1. The highest BCUT2D eigenvalue weighted by Gasteiger charge is 2.31. The van der Waals surface area contributed by atoms with Crippen LogP contribution in [-0.4, -0.2) is 86.2 Å². The highest BCUT2D eigenvalue weighted by atomic mass is 35.5. The predicted octanol–water partition coefficient (Wildman–Crippen LogP) is 3.27. The number of anilines is 1. The van der Waals surface area contributed by atoms with Crippen LogP contribution in [-0.2, 0) is 22.6 Å². The highest BCUT2D eigenvalue weighted by Crippen LogP contribution is 2.29. The van der Waals surface area contributed by atoms with Crippen molar-refractivity contribution in [1.82, 2.24) is 19.7 Å². The van der Waals surface area contributed by atoms with E-state index >= 15 is 0 Å². The summed E-state index contributed by atoms with van der Waals surface area (Å²) in [5.41, 5.74) is 3.06. The van der Waals surface area contributed by atoms with Crippen molar-refractivity contribution in [3.05, 3.63) is 79.4 Å². The van der Waals surface area contributed by atoms with Crippen molar-refractivity contribution in [2.75, 3.05) is 64.9 Å². The standard InChI is InChI=1S/C30H36ClN5O4S/c1-33-12-14-34(15-13-33)11-9-22-4-3-10-35(30(22)39)25-6-5-24(17-23(25)20-40-2)36-19-21(16-28(36)37)18-32-29(38)26-7-8-27(31)41-26/h3-8,10,17,21H,9,11-16,18-20H2,1-2H3,(H,32,38)/t21-/m0/s1. The average Bonchev–Trinajstić information content (AvgIpc) is 3.57. The van der Waals surface area contributed by atoms with Gasteiger partial charge in [-0.1, -0.05) is 17.7 Å². The average molecular weight is 598 g/mol. The number of carbonyl (C=O) groups excluding carboxylic acids is 2. The van der Waals surface area contributed by atoms with Crippen molar-refractivity contribution >= 4 is 40.4 Å². The summed E-state index contributed by atoms with van der Waals surface area (Å²) in [7, 11) is 3.75. The Morgan fingerprint density at radius 3 is 2.63 bits per heavy atom. The summed E-state index contributed by atoms with van der Waals surface area (Å²) in [6, 6.07) is 12.9. The van der Waals surface area contributed by atoms with E-state index in [1.165, 1.54) is 11.3 Å². The zero-order chi connectivity index (χ0) is 28.9. The van der Waals surface area contributed by atoms with Gasteiger partial charge in [0.25, 0.3) is 11.5 Å². The minimum atomic E-state index is -0.185. The zero-order valence-electron chi connectivity index (χ0n) is 23.5. The number of nitrogens with one attached hydrogen (secondary N) is 1. The molecule has 0 unspecified atom stereocenters. The van der Waals surface area contributed by atoms with Crippen molar-refractivity contribution in [3.8, 4) is 5.69 Å². The van der Waals surface area contributed by atoms with E-state index in [0.717, 1.165) is 55.2 Å². The van der Waals surface area contributed by atoms with E-state index in [1.807, 2.05) is 30.3 Å². The Balaban J connectivity index is 1.28. The largest absolute Gasteiger partial charge is 0.380 e. The Morgan fingerprint density at radius 1 is 1.10 bits per heavy atom. The van der Waals surface area contributed by atoms with Gasteiger partial charge < -0.3 is 24.8 Å². The van der Waals surface area contributed by atoms with E-state index in [0.29, 0.717) is 41.8 Å². The summed E-state index contributed by atoms with van der Waals surface area (Å²) in [6.45, 7) is 6.18. The fourth-order valence-corrected chi connectivity index (χ4v) is 6.40. The summed E-state index contributed by atoms with van der Waals surface area (Å²) in [6.07, 6.45) is 2.83. The summed E-state index contributed by atoms with van der Waals surface area (Å²) < 4.78 is 7.73. The van der Waals surface area contributed by atoms with Crippen LogP contribution >= 0.6 is 22.9 Å². The number of hydrogen-bond acceptors (Lipinski definition) is 7.